The molecule has 11 nitrogen and oxygen atoms in total. The largest absolute Gasteiger partial charge is 0.480 e. The van der Waals surface area contributed by atoms with Crippen LogP contribution in [-0.2, 0) is 30.8 Å². The van der Waals surface area contributed by atoms with Gasteiger partial charge in [-0.1, -0.05) is 60.7 Å². The number of carbonyl (C=O) groups is 3. The number of hydrogen-bond acceptors (Lipinski definition) is 6. The van der Waals surface area contributed by atoms with Gasteiger partial charge in [0.2, 0.25) is 21.8 Å². The predicted molar refractivity (Wildman–Crippen MR) is 162 cm³/mol. The second-order valence-corrected chi connectivity index (χ2v) is 12.1. The van der Waals surface area contributed by atoms with Crippen molar-refractivity contribution in [3.05, 3.63) is 96.1 Å². The molecule has 0 radical (unpaired) electrons. The normalized spacial score (nSPS) is 15.8. The zero-order valence-electron chi connectivity index (χ0n) is 23.5. The minimum absolute atomic E-state index is 0.0213. The van der Waals surface area contributed by atoms with Crippen molar-refractivity contribution in [2.75, 3.05) is 18.4 Å². The lowest BCUT2D eigenvalue weighted by molar-refractivity contribution is -0.142. The fourth-order valence-electron chi connectivity index (χ4n) is 4.84. The first-order valence-corrected chi connectivity index (χ1v) is 15.5. The second-order valence-electron chi connectivity index (χ2n) is 10.2. The molecule has 2 unspecified atom stereocenters. The molecular weight excluding hydrogens is 570 g/mol. The van der Waals surface area contributed by atoms with Gasteiger partial charge in [-0.3, -0.25) is 15.0 Å². The maximum absolute atomic E-state index is 13.1. The van der Waals surface area contributed by atoms with Crippen molar-refractivity contribution in [1.29, 1.82) is 5.41 Å². The summed E-state index contributed by atoms with van der Waals surface area (Å²) < 4.78 is 27.4. The predicted octanol–water partition coefficient (Wildman–Crippen LogP) is 2.99. The standard InChI is InChI=1S/C31H35N5O6S/c32-29(23-9-3-1-4-10-23)33-19-7-14-28(37)34-24-17-15-22(16-18-24)21-26(31(39)40)35-30(38)27-13-8-20-36(27)43(41,42)25-11-5-2-6-12-25/h1-6,9-12,15-18,26-27H,7-8,13-14,19-21H2,(H2,32,33)(H,34,37)(H,35,38)(H,39,40). The van der Waals surface area contributed by atoms with E-state index in [1.807, 2.05) is 30.3 Å². The maximum atomic E-state index is 13.1. The van der Waals surface area contributed by atoms with Gasteiger partial charge in [0.15, 0.2) is 0 Å². The van der Waals surface area contributed by atoms with Crippen molar-refractivity contribution in [3.8, 4) is 0 Å². The number of rotatable bonds is 13. The zero-order valence-corrected chi connectivity index (χ0v) is 24.3. The molecule has 1 heterocycles. The van der Waals surface area contributed by atoms with Crippen LogP contribution in [0.5, 0.6) is 0 Å². The number of aliphatic carboxylic acids is 1. The zero-order chi connectivity index (χ0) is 30.8. The summed E-state index contributed by atoms with van der Waals surface area (Å²) in [5.74, 6) is -1.79. The molecule has 3 aromatic rings. The van der Waals surface area contributed by atoms with Crippen LogP contribution in [0.25, 0.3) is 0 Å². The molecule has 4 rings (SSSR count). The van der Waals surface area contributed by atoms with Gasteiger partial charge in [0.05, 0.1) is 4.90 Å². The van der Waals surface area contributed by atoms with Crippen molar-refractivity contribution in [3.63, 3.8) is 0 Å². The molecule has 3 aromatic carbocycles. The summed E-state index contributed by atoms with van der Waals surface area (Å²) in [6.07, 6.45) is 1.55. The maximum Gasteiger partial charge on any atom is 0.326 e. The Morgan fingerprint density at radius 1 is 0.953 bits per heavy atom. The van der Waals surface area contributed by atoms with Gasteiger partial charge in [-0.25, -0.2) is 13.2 Å². The highest BCUT2D eigenvalue weighted by Gasteiger charge is 2.40. The van der Waals surface area contributed by atoms with Crippen LogP contribution in [-0.4, -0.2) is 66.6 Å². The van der Waals surface area contributed by atoms with Crippen LogP contribution < -0.4 is 16.0 Å². The topological polar surface area (TPSA) is 169 Å². The van der Waals surface area contributed by atoms with Crippen molar-refractivity contribution in [1.82, 2.24) is 14.9 Å². The number of carboxylic acid groups (broad SMARTS) is 1. The first-order chi connectivity index (χ1) is 20.6. The van der Waals surface area contributed by atoms with Gasteiger partial charge in [-0.05, 0) is 49.1 Å². The average Bonchev–Trinajstić information content (AvgIpc) is 3.52. The van der Waals surface area contributed by atoms with Crippen LogP contribution in [0.1, 0.15) is 36.8 Å². The van der Waals surface area contributed by atoms with Crippen LogP contribution in [0.15, 0.2) is 89.8 Å². The number of hydrogen-bond donors (Lipinski definition) is 5. The van der Waals surface area contributed by atoms with E-state index >= 15 is 0 Å². The van der Waals surface area contributed by atoms with E-state index in [2.05, 4.69) is 16.0 Å². The van der Waals surface area contributed by atoms with Gasteiger partial charge in [-0.15, -0.1) is 0 Å². The highest BCUT2D eigenvalue weighted by atomic mass is 32.2. The van der Waals surface area contributed by atoms with E-state index in [-0.39, 0.29) is 30.2 Å². The average molecular weight is 606 g/mol. The van der Waals surface area contributed by atoms with E-state index in [9.17, 15) is 27.9 Å². The molecule has 226 valence electrons. The molecule has 0 spiro atoms. The molecule has 12 heteroatoms. The van der Waals surface area contributed by atoms with E-state index in [4.69, 9.17) is 5.41 Å². The summed E-state index contributed by atoms with van der Waals surface area (Å²) in [4.78, 5) is 37.5. The quantitative estimate of drug-likeness (QED) is 0.113. The number of amides is 2. The molecule has 0 saturated carbocycles. The number of nitrogens with zero attached hydrogens (tertiary/aromatic N) is 1. The number of carboxylic acids is 1. The monoisotopic (exact) mass is 605 g/mol. The summed E-state index contributed by atoms with van der Waals surface area (Å²) >= 11 is 0. The van der Waals surface area contributed by atoms with E-state index in [1.165, 1.54) is 12.1 Å². The third-order valence-electron chi connectivity index (χ3n) is 7.09. The molecule has 1 fully saturated rings. The smallest absolute Gasteiger partial charge is 0.326 e. The summed E-state index contributed by atoms with van der Waals surface area (Å²) in [5.41, 5.74) is 1.94. The molecule has 43 heavy (non-hydrogen) atoms. The molecule has 0 aromatic heterocycles. The lowest BCUT2D eigenvalue weighted by Crippen LogP contribution is -2.51. The number of nitrogens with one attached hydrogen (secondary N) is 4. The van der Waals surface area contributed by atoms with Gasteiger partial charge < -0.3 is 21.1 Å². The Morgan fingerprint density at radius 2 is 1.60 bits per heavy atom. The summed E-state index contributed by atoms with van der Waals surface area (Å²) in [6, 6.07) is 21.5. The fraction of sp³-hybridized carbons (Fsp3) is 0.290. The minimum Gasteiger partial charge on any atom is -0.480 e. The van der Waals surface area contributed by atoms with Crippen LogP contribution in [0.2, 0.25) is 0 Å². The molecule has 2 atom stereocenters. The van der Waals surface area contributed by atoms with Crippen molar-refractivity contribution >= 4 is 39.3 Å². The van der Waals surface area contributed by atoms with Crippen LogP contribution in [0.4, 0.5) is 5.69 Å². The van der Waals surface area contributed by atoms with Gasteiger partial charge >= 0.3 is 5.97 Å². The summed E-state index contributed by atoms with van der Waals surface area (Å²) in [7, 11) is -3.91. The van der Waals surface area contributed by atoms with Crippen LogP contribution in [0, 0.1) is 5.41 Å². The summed E-state index contributed by atoms with van der Waals surface area (Å²) in [6.45, 7) is 0.646. The molecule has 2 amide bonds. The van der Waals surface area contributed by atoms with Crippen molar-refractivity contribution in [2.45, 2.75) is 49.1 Å². The van der Waals surface area contributed by atoms with E-state index in [1.54, 1.807) is 42.5 Å². The van der Waals surface area contributed by atoms with Gasteiger partial charge in [0, 0.05) is 37.2 Å². The Morgan fingerprint density at radius 3 is 2.26 bits per heavy atom. The van der Waals surface area contributed by atoms with Gasteiger partial charge in [0.25, 0.3) is 0 Å². The Labute approximate surface area is 250 Å². The number of carbonyl (C=O) groups excluding carboxylic acids is 2. The Hall–Kier alpha value is -4.55. The highest BCUT2D eigenvalue weighted by molar-refractivity contribution is 7.89. The molecule has 1 saturated heterocycles. The third kappa shape index (κ3) is 8.49. The molecule has 0 aliphatic carbocycles. The second kappa shape index (κ2) is 14.6. The van der Waals surface area contributed by atoms with Gasteiger partial charge in [0.1, 0.15) is 17.9 Å². The molecule has 1 aliphatic rings. The molecule has 5 N–H and O–H groups in total. The van der Waals surface area contributed by atoms with Crippen molar-refractivity contribution < 1.29 is 27.9 Å². The lowest BCUT2D eigenvalue weighted by Gasteiger charge is -2.25. The molecule has 1 aliphatic heterocycles. The highest BCUT2D eigenvalue weighted by Crippen LogP contribution is 2.26. The van der Waals surface area contributed by atoms with E-state index < -0.39 is 34.0 Å². The Balaban J connectivity index is 1.26. The SMILES string of the molecule is N=C(NCCCC(=O)Nc1ccc(CC(NC(=O)C2CCCN2S(=O)(=O)c2ccccc2)C(=O)O)cc1)c1ccccc1. The Bertz CT molecular complexity index is 1530. The van der Waals surface area contributed by atoms with Crippen molar-refractivity contribution in [2.24, 2.45) is 0 Å². The molecular formula is C31H35N5O6S. The lowest BCUT2D eigenvalue weighted by atomic mass is 10.0. The number of sulfonamides is 1. The van der Waals surface area contributed by atoms with Crippen LogP contribution in [0.3, 0.4) is 0 Å². The number of benzene rings is 3. The number of anilines is 1. The molecule has 0 bridgehead atoms. The van der Waals surface area contributed by atoms with E-state index in [0.717, 1.165) is 9.87 Å². The first-order valence-electron chi connectivity index (χ1n) is 14.0. The fourth-order valence-corrected chi connectivity index (χ4v) is 6.52. The Kier molecular flexibility index (Phi) is 10.6. The third-order valence-corrected chi connectivity index (χ3v) is 9.02. The first kappa shape index (κ1) is 31.4. The van der Waals surface area contributed by atoms with E-state index in [0.29, 0.717) is 42.9 Å². The van der Waals surface area contributed by atoms with Crippen LogP contribution >= 0.6 is 0 Å². The minimum atomic E-state index is -3.91. The van der Waals surface area contributed by atoms with Gasteiger partial charge in [-0.2, -0.15) is 4.31 Å². The summed E-state index contributed by atoms with van der Waals surface area (Å²) in [5, 5.41) is 26.1. The number of amidine groups is 1.